The number of benzene rings is 4. The van der Waals surface area contributed by atoms with Crippen LogP contribution in [0.1, 0.15) is 0 Å². The largest absolute Gasteiger partial charge is 0.307 e. The van der Waals surface area contributed by atoms with Crippen LogP contribution in [0.25, 0.3) is 75.9 Å². The Morgan fingerprint density at radius 1 is 0.543 bits per heavy atom. The topological polar surface area (TPSA) is 14.3 Å². The van der Waals surface area contributed by atoms with Gasteiger partial charge in [0.15, 0.2) is 0 Å². The van der Waals surface area contributed by atoms with E-state index in [2.05, 4.69) is 131 Å². The van der Waals surface area contributed by atoms with Crippen LogP contribution in [0.4, 0.5) is 0 Å². The van der Waals surface area contributed by atoms with Crippen LogP contribution in [0.3, 0.4) is 0 Å². The molecule has 0 bridgehead atoms. The number of rotatable bonds is 1. The summed E-state index contributed by atoms with van der Waals surface area (Å²) in [4.78, 5) is 0. The lowest BCUT2D eigenvalue weighted by Gasteiger charge is -2.07. The summed E-state index contributed by atoms with van der Waals surface area (Å²) in [6.45, 7) is 0. The van der Waals surface area contributed by atoms with Crippen LogP contribution in [0.2, 0.25) is 0 Å². The van der Waals surface area contributed by atoms with Gasteiger partial charge in [0, 0.05) is 32.6 Å². The van der Waals surface area contributed by atoms with Crippen molar-refractivity contribution in [1.29, 1.82) is 0 Å². The highest BCUT2D eigenvalue weighted by molar-refractivity contribution is 14.1. The Morgan fingerprint density at radius 2 is 1.31 bits per heavy atom. The molecule has 3 nitrogen and oxygen atoms in total. The van der Waals surface area contributed by atoms with Gasteiger partial charge < -0.3 is 8.97 Å². The van der Waals surface area contributed by atoms with Crippen LogP contribution in [0.5, 0.6) is 0 Å². The van der Waals surface area contributed by atoms with Gasteiger partial charge in [-0.25, -0.2) is 0 Å². The summed E-state index contributed by atoms with van der Waals surface area (Å²) in [7, 11) is 0. The number of para-hydroxylation sites is 2. The van der Waals surface area contributed by atoms with Crippen LogP contribution in [-0.4, -0.2) is 11.7 Å². The van der Waals surface area contributed by atoms with Crippen LogP contribution in [-0.2, 0) is 0 Å². The molecule has 5 aromatic heterocycles. The fourth-order valence-corrected chi connectivity index (χ4v) is 7.99. The zero-order valence-electron chi connectivity index (χ0n) is 18.4. The fourth-order valence-electron chi connectivity index (χ4n) is 6.27. The second-order valence-electron chi connectivity index (χ2n) is 9.19. The fraction of sp³-hybridized carbons (Fsp3) is 0. The number of halogens is 1. The van der Waals surface area contributed by atoms with Crippen LogP contribution in [0.15, 0.2) is 96.4 Å². The Balaban J connectivity index is 1.73. The van der Waals surface area contributed by atoms with Crippen molar-refractivity contribution in [2.45, 2.75) is 0 Å². The maximum atomic E-state index is 2.55. The van der Waals surface area contributed by atoms with E-state index in [0.29, 0.717) is 0 Å². The molecule has 0 unspecified atom stereocenters. The molecule has 5 heterocycles. The molecule has 0 radical (unpaired) electrons. The summed E-state index contributed by atoms with van der Waals surface area (Å²) in [5.74, 6) is 0. The van der Waals surface area contributed by atoms with Crippen LogP contribution < -0.4 is 0 Å². The summed E-state index contributed by atoms with van der Waals surface area (Å²) in [5.41, 5.74) is 10.1. The number of hydrogen-bond acceptors (Lipinski definition) is 1. The van der Waals surface area contributed by atoms with Crippen molar-refractivity contribution in [3.8, 4) is 5.69 Å². The van der Waals surface area contributed by atoms with E-state index in [1.807, 2.05) is 11.3 Å². The predicted molar refractivity (Wildman–Crippen MR) is 158 cm³/mol. The minimum absolute atomic E-state index is 1.19. The molecule has 0 atom stereocenters. The molecule has 5 heteroatoms. The molecule has 0 N–H and O–H groups in total. The highest BCUT2D eigenvalue weighted by Gasteiger charge is 2.26. The normalized spacial score (nSPS) is 12.7. The first-order valence-electron chi connectivity index (χ1n) is 11.7. The van der Waals surface area contributed by atoms with Crippen LogP contribution >= 0.6 is 34.2 Å². The number of nitrogens with zero attached hydrogens (tertiary/aromatic N) is 3. The van der Waals surface area contributed by atoms with Gasteiger partial charge in [0.1, 0.15) is 0 Å². The predicted octanol–water partition coefficient (Wildman–Crippen LogP) is 9.15. The molecule has 0 aliphatic heterocycles. The minimum atomic E-state index is 1.19. The maximum Gasteiger partial charge on any atom is 0.0804 e. The maximum absolute atomic E-state index is 2.55. The summed E-state index contributed by atoms with van der Waals surface area (Å²) >= 11 is 4.31. The van der Waals surface area contributed by atoms with Gasteiger partial charge in [0.05, 0.1) is 66.2 Å². The molecule has 9 rings (SSSR count). The Kier molecular flexibility index (Phi) is 3.40. The molecule has 35 heavy (non-hydrogen) atoms. The smallest absolute Gasteiger partial charge is 0.0804 e. The zero-order chi connectivity index (χ0) is 22.8. The van der Waals surface area contributed by atoms with Crippen molar-refractivity contribution < 1.29 is 0 Å². The molecule has 0 spiro atoms. The van der Waals surface area contributed by atoms with Gasteiger partial charge in [-0.3, -0.25) is 2.78 Å². The Morgan fingerprint density at radius 3 is 2.23 bits per heavy atom. The van der Waals surface area contributed by atoms with Gasteiger partial charge in [0.25, 0.3) is 0 Å². The van der Waals surface area contributed by atoms with E-state index < -0.39 is 0 Å². The highest BCUT2D eigenvalue weighted by atomic mass is 127. The molecule has 0 aliphatic rings. The average Bonchev–Trinajstić information content (AvgIpc) is 3.63. The van der Waals surface area contributed by atoms with E-state index in [9.17, 15) is 0 Å². The summed E-state index contributed by atoms with van der Waals surface area (Å²) in [6.07, 6.45) is 0. The molecule has 0 amide bonds. The van der Waals surface area contributed by atoms with Crippen molar-refractivity contribution in [2.75, 3.05) is 0 Å². The Labute approximate surface area is 217 Å². The second-order valence-corrected chi connectivity index (χ2v) is 11.1. The Hall–Kier alpha value is -3.55. The van der Waals surface area contributed by atoms with Crippen molar-refractivity contribution >= 4 is 104 Å². The molecule has 164 valence electrons. The lowest BCUT2D eigenvalue weighted by Crippen LogP contribution is -1.92. The van der Waals surface area contributed by atoms with Crippen molar-refractivity contribution in [3.63, 3.8) is 0 Å². The molecule has 0 saturated heterocycles. The lowest BCUT2D eigenvalue weighted by atomic mass is 10.1. The summed E-state index contributed by atoms with van der Waals surface area (Å²) < 4.78 is 8.67. The van der Waals surface area contributed by atoms with Gasteiger partial charge in [-0.2, -0.15) is 0 Å². The van der Waals surface area contributed by atoms with Crippen molar-refractivity contribution in [2.24, 2.45) is 0 Å². The van der Waals surface area contributed by atoms with Crippen molar-refractivity contribution in [3.05, 3.63) is 96.4 Å². The standard InChI is InChI=1S/C30H16IN3S/c31-34-22-12-6-10-19-25(22)26-23(34)14-13-20-27(26)33(24-15-16-35-30(19)24)28-18-9-4-5-11-21(18)32(29(20)28)17-7-2-1-3-8-17/h1-16H. The number of aromatic nitrogens is 3. The van der Waals surface area contributed by atoms with E-state index in [0.717, 1.165) is 0 Å². The highest BCUT2D eigenvalue weighted by Crippen LogP contribution is 2.47. The SMILES string of the molecule is In1c2cccc3c4sccc4n4c5c(ccc1c5c32)c1c4c2ccccc2n1-c1ccccc1. The van der Waals surface area contributed by atoms with Gasteiger partial charge >= 0.3 is 0 Å². The molecule has 0 aliphatic carbocycles. The first-order chi connectivity index (χ1) is 17.3. The number of thiophene rings is 1. The Bertz CT molecular complexity index is 2280. The van der Waals surface area contributed by atoms with Crippen molar-refractivity contribution in [1.82, 2.24) is 11.7 Å². The van der Waals surface area contributed by atoms with Crippen LogP contribution in [0, 0.1) is 0 Å². The third kappa shape index (κ3) is 2.10. The first kappa shape index (κ1) is 18.7. The third-order valence-corrected chi connectivity index (χ3v) is 9.54. The van der Waals surface area contributed by atoms with Gasteiger partial charge in [0.2, 0.25) is 0 Å². The molecule has 9 aromatic rings. The first-order valence-corrected chi connectivity index (χ1v) is 13.5. The third-order valence-electron chi connectivity index (χ3n) is 7.57. The summed E-state index contributed by atoms with van der Waals surface area (Å²) in [5, 5.41) is 8.87. The van der Waals surface area contributed by atoms with E-state index in [1.54, 1.807) is 0 Å². The number of fused-ring (bicyclic) bond motifs is 8. The molecule has 0 saturated carbocycles. The average molecular weight is 577 g/mol. The minimum Gasteiger partial charge on any atom is -0.307 e. The van der Waals surface area contributed by atoms with E-state index in [4.69, 9.17) is 0 Å². The number of hydrogen-bond donors (Lipinski definition) is 0. The molecular formula is C30H16IN3S. The monoisotopic (exact) mass is 577 g/mol. The molecular weight excluding hydrogens is 561 g/mol. The molecule has 4 aromatic carbocycles. The van der Waals surface area contributed by atoms with E-state index >= 15 is 0 Å². The van der Waals surface area contributed by atoms with Gasteiger partial charge in [-0.05, 0) is 47.8 Å². The van der Waals surface area contributed by atoms with E-state index in [1.165, 1.54) is 75.9 Å². The lowest BCUT2D eigenvalue weighted by molar-refractivity contribution is 1.19. The van der Waals surface area contributed by atoms with E-state index in [-0.39, 0.29) is 0 Å². The summed E-state index contributed by atoms with van der Waals surface area (Å²) in [6, 6.07) is 33.3. The quantitative estimate of drug-likeness (QED) is 0.173. The zero-order valence-corrected chi connectivity index (χ0v) is 21.3. The second kappa shape index (κ2) is 6.36. The van der Waals surface area contributed by atoms with Gasteiger partial charge in [-0.15, -0.1) is 11.3 Å². The molecule has 0 fully saturated rings. The van der Waals surface area contributed by atoms with Gasteiger partial charge in [-0.1, -0.05) is 48.5 Å².